The maximum Gasteiger partial charge on any atom is 0.122 e. The molecule has 0 bridgehead atoms. The van der Waals surface area contributed by atoms with Crippen LogP contribution in [0.15, 0.2) is 12.1 Å². The Bertz CT molecular complexity index is 411. The molecule has 1 aromatic carbocycles. The maximum absolute atomic E-state index is 5.86. The van der Waals surface area contributed by atoms with Crippen molar-refractivity contribution in [3.8, 4) is 5.75 Å². The highest BCUT2D eigenvalue weighted by molar-refractivity contribution is 5.41. The topological polar surface area (TPSA) is 30.5 Å². The molecular weight excluding hydrogens is 238 g/mol. The summed E-state index contributed by atoms with van der Waals surface area (Å²) in [5, 5.41) is 3.40. The van der Waals surface area contributed by atoms with Crippen LogP contribution in [0, 0.1) is 20.8 Å². The number of rotatable bonds is 6. The molecule has 3 heteroatoms. The number of benzene rings is 1. The van der Waals surface area contributed by atoms with Gasteiger partial charge in [-0.05, 0) is 56.4 Å². The number of ether oxygens (including phenoxy) is 2. The third kappa shape index (κ3) is 4.22. The van der Waals surface area contributed by atoms with Crippen LogP contribution in [0.4, 0.5) is 0 Å². The minimum atomic E-state index is 0.406. The van der Waals surface area contributed by atoms with E-state index in [1.165, 1.54) is 29.5 Å². The molecule has 1 atom stereocenters. The Morgan fingerprint density at radius 3 is 2.89 bits per heavy atom. The second-order valence-corrected chi connectivity index (χ2v) is 5.39. The molecule has 0 aliphatic carbocycles. The first-order valence-electron chi connectivity index (χ1n) is 7.20. The second-order valence-electron chi connectivity index (χ2n) is 5.39. The van der Waals surface area contributed by atoms with Crippen molar-refractivity contribution in [1.29, 1.82) is 0 Å². The molecule has 1 unspecified atom stereocenters. The summed E-state index contributed by atoms with van der Waals surface area (Å²) in [6.07, 6.45) is 2.79. The summed E-state index contributed by atoms with van der Waals surface area (Å²) in [4.78, 5) is 0. The van der Waals surface area contributed by atoms with E-state index in [0.29, 0.717) is 12.7 Å². The van der Waals surface area contributed by atoms with Crippen LogP contribution in [0.5, 0.6) is 5.75 Å². The van der Waals surface area contributed by atoms with E-state index in [1.54, 1.807) is 0 Å². The normalized spacial score (nSPS) is 18.8. The summed E-state index contributed by atoms with van der Waals surface area (Å²) < 4.78 is 11.4. The summed E-state index contributed by atoms with van der Waals surface area (Å²) in [5.74, 6) is 1.01. The predicted octanol–water partition coefficient (Wildman–Crippen LogP) is 2.76. The Balaban J connectivity index is 1.70. The third-order valence-electron chi connectivity index (χ3n) is 3.70. The number of hydrogen-bond donors (Lipinski definition) is 1. The molecule has 0 spiro atoms. The van der Waals surface area contributed by atoms with Crippen molar-refractivity contribution in [2.75, 3.05) is 26.3 Å². The highest BCUT2D eigenvalue weighted by atomic mass is 16.5. The van der Waals surface area contributed by atoms with Crippen LogP contribution in [0.3, 0.4) is 0 Å². The van der Waals surface area contributed by atoms with Gasteiger partial charge in [0.2, 0.25) is 0 Å². The minimum absolute atomic E-state index is 0.406. The van der Waals surface area contributed by atoms with Gasteiger partial charge in [-0.3, -0.25) is 0 Å². The van der Waals surface area contributed by atoms with Crippen LogP contribution in [0.1, 0.15) is 29.5 Å². The van der Waals surface area contributed by atoms with Crippen molar-refractivity contribution in [1.82, 2.24) is 5.32 Å². The van der Waals surface area contributed by atoms with E-state index < -0.39 is 0 Å². The van der Waals surface area contributed by atoms with Gasteiger partial charge < -0.3 is 14.8 Å². The fourth-order valence-corrected chi connectivity index (χ4v) is 2.45. The third-order valence-corrected chi connectivity index (χ3v) is 3.70. The SMILES string of the molecule is Cc1cc(C)c(C)c(OCCNCC2CCCO2)c1. The Hall–Kier alpha value is -1.06. The van der Waals surface area contributed by atoms with Gasteiger partial charge in [-0.15, -0.1) is 0 Å². The monoisotopic (exact) mass is 263 g/mol. The molecule has 3 nitrogen and oxygen atoms in total. The molecular formula is C16H25NO2. The van der Waals surface area contributed by atoms with Crippen molar-refractivity contribution in [2.45, 2.75) is 39.7 Å². The standard InChI is InChI=1S/C16H25NO2/c1-12-9-13(2)14(3)16(10-12)19-8-6-17-11-15-5-4-7-18-15/h9-10,15,17H,4-8,11H2,1-3H3. The van der Waals surface area contributed by atoms with E-state index in [-0.39, 0.29) is 0 Å². The van der Waals surface area contributed by atoms with Gasteiger partial charge in [0.1, 0.15) is 12.4 Å². The van der Waals surface area contributed by atoms with Crippen LogP contribution in [0.2, 0.25) is 0 Å². The minimum Gasteiger partial charge on any atom is -0.492 e. The van der Waals surface area contributed by atoms with E-state index in [0.717, 1.165) is 25.4 Å². The molecule has 1 aliphatic rings. The maximum atomic E-state index is 5.86. The van der Waals surface area contributed by atoms with Gasteiger partial charge in [0, 0.05) is 19.7 Å². The van der Waals surface area contributed by atoms with Crippen molar-refractivity contribution < 1.29 is 9.47 Å². The summed E-state index contributed by atoms with van der Waals surface area (Å²) in [6.45, 7) is 9.78. The van der Waals surface area contributed by atoms with Crippen molar-refractivity contribution in [2.24, 2.45) is 0 Å². The van der Waals surface area contributed by atoms with E-state index >= 15 is 0 Å². The lowest BCUT2D eigenvalue weighted by Crippen LogP contribution is -2.29. The fourth-order valence-electron chi connectivity index (χ4n) is 2.45. The van der Waals surface area contributed by atoms with Gasteiger partial charge in [-0.2, -0.15) is 0 Å². The lowest BCUT2D eigenvalue weighted by molar-refractivity contribution is 0.109. The summed E-state index contributed by atoms with van der Waals surface area (Å²) >= 11 is 0. The zero-order valence-electron chi connectivity index (χ0n) is 12.3. The van der Waals surface area contributed by atoms with Gasteiger partial charge in [-0.1, -0.05) is 6.07 Å². The molecule has 0 saturated carbocycles. The van der Waals surface area contributed by atoms with Crippen LogP contribution in [0.25, 0.3) is 0 Å². The Morgan fingerprint density at radius 2 is 2.16 bits per heavy atom. The molecule has 2 rings (SSSR count). The summed E-state index contributed by atoms with van der Waals surface area (Å²) in [7, 11) is 0. The molecule has 1 heterocycles. The lowest BCUT2D eigenvalue weighted by Gasteiger charge is -2.14. The van der Waals surface area contributed by atoms with Gasteiger partial charge in [0.05, 0.1) is 6.10 Å². The molecule has 1 saturated heterocycles. The fraction of sp³-hybridized carbons (Fsp3) is 0.625. The Labute approximate surface area is 116 Å². The molecule has 0 amide bonds. The summed E-state index contributed by atoms with van der Waals surface area (Å²) in [6, 6.07) is 4.31. The Kier molecular flexibility index (Phi) is 5.23. The molecule has 1 fully saturated rings. The van der Waals surface area contributed by atoms with E-state index in [2.05, 4.69) is 38.2 Å². The highest BCUT2D eigenvalue weighted by Crippen LogP contribution is 2.23. The Morgan fingerprint density at radius 1 is 1.32 bits per heavy atom. The molecule has 1 N–H and O–H groups in total. The smallest absolute Gasteiger partial charge is 0.122 e. The lowest BCUT2D eigenvalue weighted by atomic mass is 10.1. The predicted molar refractivity (Wildman–Crippen MR) is 78.0 cm³/mol. The number of aryl methyl sites for hydroxylation is 2. The van der Waals surface area contributed by atoms with Gasteiger partial charge in [-0.25, -0.2) is 0 Å². The van der Waals surface area contributed by atoms with Gasteiger partial charge in [0.15, 0.2) is 0 Å². The van der Waals surface area contributed by atoms with Crippen LogP contribution in [-0.4, -0.2) is 32.4 Å². The average Bonchev–Trinajstić information content (AvgIpc) is 2.87. The first-order chi connectivity index (χ1) is 9.16. The van der Waals surface area contributed by atoms with Crippen molar-refractivity contribution in [3.63, 3.8) is 0 Å². The van der Waals surface area contributed by atoms with E-state index in [4.69, 9.17) is 9.47 Å². The first-order valence-corrected chi connectivity index (χ1v) is 7.20. The van der Waals surface area contributed by atoms with Crippen LogP contribution in [-0.2, 0) is 4.74 Å². The van der Waals surface area contributed by atoms with Crippen molar-refractivity contribution >= 4 is 0 Å². The molecule has 1 aliphatic heterocycles. The van der Waals surface area contributed by atoms with Crippen LogP contribution < -0.4 is 10.1 Å². The number of nitrogens with one attached hydrogen (secondary N) is 1. The molecule has 0 radical (unpaired) electrons. The number of hydrogen-bond acceptors (Lipinski definition) is 3. The molecule has 1 aromatic rings. The molecule has 19 heavy (non-hydrogen) atoms. The van der Waals surface area contributed by atoms with Gasteiger partial charge >= 0.3 is 0 Å². The zero-order valence-corrected chi connectivity index (χ0v) is 12.3. The summed E-state index contributed by atoms with van der Waals surface area (Å²) in [5.41, 5.74) is 3.79. The largest absolute Gasteiger partial charge is 0.492 e. The second kappa shape index (κ2) is 6.92. The zero-order chi connectivity index (χ0) is 13.7. The molecule has 0 aromatic heterocycles. The quantitative estimate of drug-likeness (QED) is 0.801. The van der Waals surface area contributed by atoms with E-state index in [9.17, 15) is 0 Å². The average molecular weight is 263 g/mol. The first kappa shape index (κ1) is 14.4. The van der Waals surface area contributed by atoms with Crippen LogP contribution >= 0.6 is 0 Å². The van der Waals surface area contributed by atoms with E-state index in [1.807, 2.05) is 0 Å². The van der Waals surface area contributed by atoms with Crippen molar-refractivity contribution in [3.05, 3.63) is 28.8 Å². The highest BCUT2D eigenvalue weighted by Gasteiger charge is 2.14. The van der Waals surface area contributed by atoms with Gasteiger partial charge in [0.25, 0.3) is 0 Å². The molecule has 106 valence electrons.